The molecule has 1 aromatic heterocycles. The minimum absolute atomic E-state index is 0.0883. The number of aromatic nitrogens is 2. The Morgan fingerprint density at radius 2 is 2.14 bits per heavy atom. The number of hydrogen-bond acceptors (Lipinski definition) is 4. The van der Waals surface area contributed by atoms with Crippen LogP contribution in [0.15, 0.2) is 40.3 Å². The largest absolute Gasteiger partial charge is 0.354 e. The molecule has 1 unspecified atom stereocenters. The van der Waals surface area contributed by atoms with Crippen molar-refractivity contribution >= 4 is 27.7 Å². The van der Waals surface area contributed by atoms with Gasteiger partial charge in [0.05, 0.1) is 24.3 Å². The van der Waals surface area contributed by atoms with Crippen molar-refractivity contribution in [3.8, 4) is 6.07 Å². The van der Waals surface area contributed by atoms with E-state index in [0.717, 1.165) is 35.5 Å². The van der Waals surface area contributed by atoms with Gasteiger partial charge in [0.2, 0.25) is 5.91 Å². The van der Waals surface area contributed by atoms with Crippen molar-refractivity contribution in [3.63, 3.8) is 0 Å². The molecular weight excluding hydrogens is 432 g/mol. The van der Waals surface area contributed by atoms with Crippen LogP contribution in [0.3, 0.4) is 0 Å². The summed E-state index contributed by atoms with van der Waals surface area (Å²) in [6, 6.07) is 7.74. The van der Waals surface area contributed by atoms with Gasteiger partial charge >= 0.3 is 0 Å². The number of carbonyl (C=O) groups excluding carboxylic acids is 1. The maximum Gasteiger partial charge on any atom is 0.219 e. The lowest BCUT2D eigenvalue weighted by Crippen LogP contribution is -2.38. The Bertz CT molecular complexity index is 1080. The molecule has 1 saturated heterocycles. The predicted octanol–water partition coefficient (Wildman–Crippen LogP) is 3.99. The number of H-pyrrole nitrogens is 1. The molecule has 2 aliphatic rings. The van der Waals surface area contributed by atoms with Gasteiger partial charge in [-0.2, -0.15) is 10.4 Å². The average Bonchev–Trinajstić information content (AvgIpc) is 3.21. The summed E-state index contributed by atoms with van der Waals surface area (Å²) in [4.78, 5) is 17.5. The molecule has 0 spiro atoms. The first-order valence-corrected chi connectivity index (χ1v) is 10.2. The molecular formula is C21H19BrN6O. The number of rotatable bonds is 2. The van der Waals surface area contributed by atoms with Gasteiger partial charge in [-0.25, -0.2) is 4.85 Å². The Hall–Kier alpha value is -3.10. The number of aromatic amines is 1. The summed E-state index contributed by atoms with van der Waals surface area (Å²) in [6.07, 6.45) is 3.34. The summed E-state index contributed by atoms with van der Waals surface area (Å²) in [5, 5.41) is 20.0. The SMILES string of the molecule is [C-]#[N+]C1=C(C2CCN(C(C)=O)CC2)Nc2[nH]ncc2C1c1cccc(C#N)c1Br. The lowest BCUT2D eigenvalue weighted by molar-refractivity contribution is -0.130. The van der Waals surface area contributed by atoms with E-state index in [1.807, 2.05) is 17.0 Å². The lowest BCUT2D eigenvalue weighted by atomic mass is 9.81. The van der Waals surface area contributed by atoms with Crippen molar-refractivity contribution in [1.82, 2.24) is 15.1 Å². The van der Waals surface area contributed by atoms with Crippen molar-refractivity contribution in [3.05, 3.63) is 68.4 Å². The van der Waals surface area contributed by atoms with Gasteiger partial charge in [-0.15, -0.1) is 0 Å². The first-order chi connectivity index (χ1) is 14.0. The van der Waals surface area contributed by atoms with E-state index in [2.05, 4.69) is 42.4 Å². The fourth-order valence-corrected chi connectivity index (χ4v) is 4.79. The number of benzene rings is 1. The van der Waals surface area contributed by atoms with Crippen LogP contribution >= 0.6 is 15.9 Å². The number of likely N-dealkylation sites (tertiary alicyclic amines) is 1. The fraction of sp³-hybridized carbons (Fsp3) is 0.333. The predicted molar refractivity (Wildman–Crippen MR) is 112 cm³/mol. The summed E-state index contributed by atoms with van der Waals surface area (Å²) in [7, 11) is 0. The van der Waals surface area contributed by atoms with Crippen LogP contribution in [0.5, 0.6) is 0 Å². The highest BCUT2D eigenvalue weighted by molar-refractivity contribution is 9.10. The molecule has 1 amide bonds. The van der Waals surface area contributed by atoms with Crippen molar-refractivity contribution in [2.75, 3.05) is 18.4 Å². The van der Waals surface area contributed by atoms with Crippen LogP contribution in [0, 0.1) is 23.8 Å². The molecule has 0 radical (unpaired) electrons. The van der Waals surface area contributed by atoms with Crippen molar-refractivity contribution in [2.24, 2.45) is 5.92 Å². The molecule has 4 rings (SSSR count). The molecule has 8 heteroatoms. The summed E-state index contributed by atoms with van der Waals surface area (Å²) >= 11 is 3.57. The molecule has 1 atom stereocenters. The third kappa shape index (κ3) is 3.30. The molecule has 2 aliphatic heterocycles. The highest BCUT2D eigenvalue weighted by Gasteiger charge is 2.36. The quantitative estimate of drug-likeness (QED) is 0.676. The smallest absolute Gasteiger partial charge is 0.219 e. The summed E-state index contributed by atoms with van der Waals surface area (Å²) < 4.78 is 0.702. The second-order valence-corrected chi connectivity index (χ2v) is 8.06. The van der Waals surface area contributed by atoms with Crippen molar-refractivity contribution < 1.29 is 4.79 Å². The lowest BCUT2D eigenvalue weighted by Gasteiger charge is -2.36. The number of amides is 1. The van der Waals surface area contributed by atoms with Crippen LogP contribution in [0.4, 0.5) is 5.82 Å². The highest BCUT2D eigenvalue weighted by atomic mass is 79.9. The van der Waals surface area contributed by atoms with E-state index in [0.29, 0.717) is 28.8 Å². The van der Waals surface area contributed by atoms with E-state index in [-0.39, 0.29) is 17.7 Å². The Morgan fingerprint density at radius 3 is 2.79 bits per heavy atom. The zero-order valence-corrected chi connectivity index (χ0v) is 17.5. The average molecular weight is 451 g/mol. The second kappa shape index (κ2) is 7.73. The Morgan fingerprint density at radius 1 is 1.38 bits per heavy atom. The molecule has 2 N–H and O–H groups in total. The zero-order chi connectivity index (χ0) is 20.5. The standard InChI is InChI=1S/C21H19BrN6O/c1-12(29)28-8-6-13(7-9-28)19-20(24-2)17(16-11-25-27-21(16)26-19)15-5-3-4-14(10-23)18(15)22/h3-5,11,13,17H,6-9H2,1H3,(H2,25,26,27). The molecule has 2 aromatic rings. The minimum atomic E-state index is -0.314. The monoisotopic (exact) mass is 450 g/mol. The van der Waals surface area contributed by atoms with E-state index >= 15 is 0 Å². The number of nitriles is 1. The zero-order valence-electron chi connectivity index (χ0n) is 15.9. The van der Waals surface area contributed by atoms with Crippen LogP contribution in [0.25, 0.3) is 4.85 Å². The van der Waals surface area contributed by atoms with Gasteiger partial charge < -0.3 is 10.2 Å². The maximum absolute atomic E-state index is 11.7. The van der Waals surface area contributed by atoms with E-state index in [9.17, 15) is 10.1 Å². The Kier molecular flexibility index (Phi) is 5.12. The number of carbonyl (C=O) groups is 1. The van der Waals surface area contributed by atoms with Gasteiger partial charge in [-0.1, -0.05) is 12.1 Å². The first-order valence-electron chi connectivity index (χ1n) is 9.41. The number of nitrogens with zero attached hydrogens (tertiary/aromatic N) is 4. The molecule has 3 heterocycles. The van der Waals surface area contributed by atoms with E-state index in [1.54, 1.807) is 19.2 Å². The first kappa shape index (κ1) is 19.2. The molecule has 146 valence electrons. The van der Waals surface area contributed by atoms with Gasteiger partial charge in [-0.3, -0.25) is 9.89 Å². The van der Waals surface area contributed by atoms with Crippen molar-refractivity contribution in [1.29, 1.82) is 5.26 Å². The maximum atomic E-state index is 11.7. The van der Waals surface area contributed by atoms with Gasteiger partial charge in [0.15, 0.2) is 5.70 Å². The number of hydrogen-bond donors (Lipinski definition) is 2. The minimum Gasteiger partial charge on any atom is -0.354 e. The van der Waals surface area contributed by atoms with Crippen LogP contribution in [-0.4, -0.2) is 34.1 Å². The molecule has 1 aromatic carbocycles. The van der Waals surface area contributed by atoms with Gasteiger partial charge in [0.1, 0.15) is 11.9 Å². The second-order valence-electron chi connectivity index (χ2n) is 7.27. The van der Waals surface area contributed by atoms with Crippen LogP contribution in [0.2, 0.25) is 0 Å². The number of piperidine rings is 1. The van der Waals surface area contributed by atoms with Crippen LogP contribution < -0.4 is 5.32 Å². The molecule has 7 nitrogen and oxygen atoms in total. The summed E-state index contributed by atoms with van der Waals surface area (Å²) in [5.74, 6) is 0.712. The molecule has 0 aliphatic carbocycles. The third-order valence-electron chi connectivity index (χ3n) is 5.72. The number of halogens is 1. The van der Waals surface area contributed by atoms with Gasteiger partial charge in [0, 0.05) is 35.7 Å². The number of nitrogens with one attached hydrogen (secondary N) is 2. The molecule has 0 saturated carbocycles. The van der Waals surface area contributed by atoms with Gasteiger partial charge in [0.25, 0.3) is 0 Å². The van der Waals surface area contributed by atoms with E-state index in [4.69, 9.17) is 6.57 Å². The van der Waals surface area contributed by atoms with E-state index < -0.39 is 0 Å². The third-order valence-corrected chi connectivity index (χ3v) is 6.60. The molecule has 0 bridgehead atoms. The topological polar surface area (TPSA) is 89.2 Å². The number of anilines is 1. The van der Waals surface area contributed by atoms with Crippen LogP contribution in [-0.2, 0) is 4.79 Å². The Labute approximate surface area is 177 Å². The summed E-state index contributed by atoms with van der Waals surface area (Å²) in [6.45, 7) is 10.9. The number of fused-ring (bicyclic) bond motifs is 1. The normalized spacial score (nSPS) is 19.2. The highest BCUT2D eigenvalue weighted by Crippen LogP contribution is 2.46. The van der Waals surface area contributed by atoms with E-state index in [1.165, 1.54) is 0 Å². The van der Waals surface area contributed by atoms with Gasteiger partial charge in [-0.05, 0) is 46.3 Å². The Balaban J connectivity index is 1.80. The number of allylic oxidation sites excluding steroid dienone is 2. The fourth-order valence-electron chi connectivity index (χ4n) is 4.21. The molecule has 1 fully saturated rings. The summed E-state index contributed by atoms with van der Waals surface area (Å²) in [5.41, 5.74) is 3.80. The molecule has 29 heavy (non-hydrogen) atoms. The van der Waals surface area contributed by atoms with Crippen LogP contribution in [0.1, 0.15) is 42.4 Å². The van der Waals surface area contributed by atoms with Crippen molar-refractivity contribution in [2.45, 2.75) is 25.7 Å².